The highest BCUT2D eigenvalue weighted by Crippen LogP contribution is 2.39. The average molecular weight is 283 g/mol. The molecule has 1 aliphatic heterocycles. The van der Waals surface area contributed by atoms with E-state index in [1.165, 1.54) is 0 Å². The lowest BCUT2D eigenvalue weighted by Crippen LogP contribution is -2.58. The topological polar surface area (TPSA) is 49.8 Å². The van der Waals surface area contributed by atoms with Crippen LogP contribution in [0.15, 0.2) is 0 Å². The highest BCUT2D eigenvalue weighted by atomic mass is 19.4. The van der Waals surface area contributed by atoms with Gasteiger partial charge in [0.25, 0.3) is 0 Å². The Morgan fingerprint density at radius 2 is 1.79 bits per heavy atom. The predicted molar refractivity (Wildman–Crippen MR) is 62.6 cm³/mol. The van der Waals surface area contributed by atoms with Crippen molar-refractivity contribution in [1.82, 2.24) is 4.90 Å². The summed E-state index contributed by atoms with van der Waals surface area (Å²) in [5.74, 6) is 0. The quantitative estimate of drug-likeness (QED) is 0.805. The molecule has 0 spiro atoms. The molecule has 0 saturated carbocycles. The van der Waals surface area contributed by atoms with Gasteiger partial charge in [-0.25, -0.2) is 4.79 Å². The molecule has 0 aromatic carbocycles. The first-order valence-corrected chi connectivity index (χ1v) is 6.15. The Hall–Kier alpha value is -0.980. The molecule has 0 aromatic rings. The summed E-state index contributed by atoms with van der Waals surface area (Å²) < 4.78 is 43.6. The van der Waals surface area contributed by atoms with E-state index in [4.69, 9.17) is 4.74 Å². The van der Waals surface area contributed by atoms with Crippen molar-refractivity contribution >= 4 is 6.09 Å². The molecule has 7 heteroatoms. The van der Waals surface area contributed by atoms with Crippen LogP contribution in [-0.2, 0) is 4.74 Å². The van der Waals surface area contributed by atoms with Crippen LogP contribution < -0.4 is 0 Å². The maximum absolute atomic E-state index is 12.8. The Labute approximate surface area is 110 Å². The van der Waals surface area contributed by atoms with Crippen LogP contribution >= 0.6 is 0 Å². The largest absolute Gasteiger partial charge is 0.444 e. The van der Waals surface area contributed by atoms with Gasteiger partial charge in [-0.1, -0.05) is 0 Å². The van der Waals surface area contributed by atoms with Gasteiger partial charge < -0.3 is 14.7 Å². The monoisotopic (exact) mass is 283 g/mol. The zero-order valence-corrected chi connectivity index (χ0v) is 11.5. The van der Waals surface area contributed by atoms with Crippen molar-refractivity contribution in [2.45, 2.75) is 64.0 Å². The van der Waals surface area contributed by atoms with Crippen LogP contribution in [0.3, 0.4) is 0 Å². The normalized spacial score (nSPS) is 24.2. The molecule has 19 heavy (non-hydrogen) atoms. The van der Waals surface area contributed by atoms with Gasteiger partial charge in [0.2, 0.25) is 0 Å². The Bertz CT molecular complexity index is 347. The molecule has 0 bridgehead atoms. The number of aliphatic hydroxyl groups is 1. The summed E-state index contributed by atoms with van der Waals surface area (Å²) in [6, 6.07) is -1.30. The number of ether oxygens (including phenoxy) is 1. The van der Waals surface area contributed by atoms with Gasteiger partial charge in [-0.05, 0) is 40.5 Å². The van der Waals surface area contributed by atoms with Crippen molar-refractivity contribution in [3.05, 3.63) is 0 Å². The molecule has 1 amide bonds. The maximum Gasteiger partial charge on any atom is 0.418 e. The molecule has 1 fully saturated rings. The first-order valence-electron chi connectivity index (χ1n) is 6.15. The van der Waals surface area contributed by atoms with Crippen molar-refractivity contribution < 1.29 is 27.8 Å². The van der Waals surface area contributed by atoms with Gasteiger partial charge in [0, 0.05) is 6.54 Å². The van der Waals surface area contributed by atoms with Gasteiger partial charge in [-0.15, -0.1) is 0 Å². The molecule has 1 aliphatic rings. The van der Waals surface area contributed by atoms with E-state index >= 15 is 0 Å². The number of amides is 1. The molecular weight excluding hydrogens is 263 g/mol. The fourth-order valence-corrected chi connectivity index (χ4v) is 2.08. The average Bonchev–Trinajstić information content (AvgIpc) is 2.60. The molecule has 1 saturated heterocycles. The third kappa shape index (κ3) is 3.52. The van der Waals surface area contributed by atoms with E-state index in [9.17, 15) is 23.1 Å². The number of alkyl halides is 3. The molecule has 0 aliphatic carbocycles. The fraction of sp³-hybridized carbons (Fsp3) is 0.917. The van der Waals surface area contributed by atoms with Crippen molar-refractivity contribution in [3.8, 4) is 0 Å². The van der Waals surface area contributed by atoms with Crippen LogP contribution in [0.1, 0.15) is 40.5 Å². The van der Waals surface area contributed by atoms with E-state index in [2.05, 4.69) is 0 Å². The van der Waals surface area contributed by atoms with Gasteiger partial charge in [0.1, 0.15) is 5.60 Å². The highest BCUT2D eigenvalue weighted by Gasteiger charge is 2.58. The van der Waals surface area contributed by atoms with E-state index in [-0.39, 0.29) is 13.0 Å². The zero-order valence-electron chi connectivity index (χ0n) is 11.5. The van der Waals surface area contributed by atoms with Crippen LogP contribution in [0.5, 0.6) is 0 Å². The van der Waals surface area contributed by atoms with Crippen molar-refractivity contribution in [2.24, 2.45) is 0 Å². The van der Waals surface area contributed by atoms with E-state index in [0.29, 0.717) is 13.3 Å². The lowest BCUT2D eigenvalue weighted by atomic mass is 9.94. The molecule has 2 unspecified atom stereocenters. The molecular formula is C12H20F3NO3. The van der Waals surface area contributed by atoms with Crippen LogP contribution in [0.25, 0.3) is 0 Å². The molecule has 1 heterocycles. The minimum absolute atomic E-state index is 0.103. The summed E-state index contributed by atoms with van der Waals surface area (Å²) in [4.78, 5) is 12.8. The van der Waals surface area contributed by atoms with E-state index < -0.39 is 29.5 Å². The predicted octanol–water partition coefficient (Wildman–Crippen LogP) is 2.70. The Morgan fingerprint density at radius 3 is 2.21 bits per heavy atom. The summed E-state index contributed by atoms with van der Waals surface area (Å²) in [6.45, 7) is 5.76. The third-order valence-corrected chi connectivity index (χ3v) is 3.10. The number of carbonyl (C=O) groups excluding carboxylic acids is 1. The zero-order chi connectivity index (χ0) is 15.1. The number of carbonyl (C=O) groups is 1. The number of hydrogen-bond donors (Lipinski definition) is 1. The molecule has 1 N–H and O–H groups in total. The minimum atomic E-state index is -4.79. The molecule has 4 nitrogen and oxygen atoms in total. The summed E-state index contributed by atoms with van der Waals surface area (Å²) in [6.07, 6.45) is -5.09. The molecule has 2 atom stereocenters. The SMILES string of the molecule is CC(C)(C)OC(=O)N1CCCC1C(C)(O)C(F)(F)F. The summed E-state index contributed by atoms with van der Waals surface area (Å²) in [5.41, 5.74) is -3.71. The van der Waals surface area contributed by atoms with E-state index in [0.717, 1.165) is 4.90 Å². The lowest BCUT2D eigenvalue weighted by molar-refractivity contribution is -0.269. The van der Waals surface area contributed by atoms with Crippen LogP contribution in [0.2, 0.25) is 0 Å². The summed E-state index contributed by atoms with van der Waals surface area (Å²) in [7, 11) is 0. The smallest absolute Gasteiger partial charge is 0.418 e. The third-order valence-electron chi connectivity index (χ3n) is 3.10. The maximum atomic E-state index is 12.8. The summed E-state index contributed by atoms with van der Waals surface area (Å²) in [5, 5.41) is 9.69. The Kier molecular flexibility index (Phi) is 4.10. The van der Waals surface area contributed by atoms with Crippen LogP contribution in [0.4, 0.5) is 18.0 Å². The number of likely N-dealkylation sites (tertiary alicyclic amines) is 1. The highest BCUT2D eigenvalue weighted by molar-refractivity contribution is 5.69. The lowest BCUT2D eigenvalue weighted by Gasteiger charge is -2.38. The second-order valence-electron chi connectivity index (χ2n) is 5.98. The van der Waals surface area contributed by atoms with Crippen molar-refractivity contribution in [2.75, 3.05) is 6.54 Å². The number of hydrogen-bond acceptors (Lipinski definition) is 3. The fourth-order valence-electron chi connectivity index (χ4n) is 2.08. The van der Waals surface area contributed by atoms with Gasteiger partial charge in [-0.3, -0.25) is 0 Å². The van der Waals surface area contributed by atoms with Gasteiger partial charge >= 0.3 is 12.3 Å². The van der Waals surface area contributed by atoms with Crippen LogP contribution in [0, 0.1) is 0 Å². The number of nitrogens with zero attached hydrogens (tertiary/aromatic N) is 1. The van der Waals surface area contributed by atoms with Gasteiger partial charge in [0.05, 0.1) is 6.04 Å². The molecule has 112 valence electrons. The van der Waals surface area contributed by atoms with Gasteiger partial charge in [0.15, 0.2) is 5.60 Å². The summed E-state index contributed by atoms with van der Waals surface area (Å²) >= 11 is 0. The van der Waals surface area contributed by atoms with Crippen molar-refractivity contribution in [3.63, 3.8) is 0 Å². The van der Waals surface area contributed by atoms with E-state index in [1.54, 1.807) is 20.8 Å². The number of halogens is 3. The Balaban J connectivity index is 2.89. The first-order chi connectivity index (χ1) is 8.36. The van der Waals surface area contributed by atoms with Crippen LogP contribution in [-0.4, -0.2) is 46.1 Å². The second-order valence-corrected chi connectivity index (χ2v) is 5.98. The van der Waals surface area contributed by atoms with Crippen molar-refractivity contribution in [1.29, 1.82) is 0 Å². The standard InChI is InChI=1S/C12H20F3NO3/c1-10(2,3)19-9(17)16-7-5-6-8(16)11(4,18)12(13,14)15/h8,18H,5-7H2,1-4H3. The van der Waals surface area contributed by atoms with E-state index in [1.807, 2.05) is 0 Å². The molecule has 0 radical (unpaired) electrons. The first kappa shape index (κ1) is 16.1. The van der Waals surface area contributed by atoms with Gasteiger partial charge in [-0.2, -0.15) is 13.2 Å². The minimum Gasteiger partial charge on any atom is -0.444 e. The second kappa shape index (κ2) is 4.85. The molecule has 0 aromatic heterocycles. The molecule has 1 rings (SSSR count). The number of rotatable bonds is 1. The Morgan fingerprint density at radius 1 is 1.26 bits per heavy atom.